The first kappa shape index (κ1) is 17.6. The number of nitrogens with one attached hydrogen (secondary N) is 1. The minimum atomic E-state index is -0.607. The van der Waals surface area contributed by atoms with Crippen LogP contribution in [-0.2, 0) is 19.1 Å². The van der Waals surface area contributed by atoms with Crippen LogP contribution in [0.2, 0.25) is 5.02 Å². The maximum Gasteiger partial charge on any atom is 0.344 e. The third-order valence-corrected chi connectivity index (χ3v) is 3.83. The first-order valence-corrected chi connectivity index (χ1v) is 7.85. The second-order valence-corrected chi connectivity index (χ2v) is 5.71. The van der Waals surface area contributed by atoms with Gasteiger partial charge in [0, 0.05) is 18.2 Å². The smallest absolute Gasteiger partial charge is 0.344 e. The van der Waals surface area contributed by atoms with Gasteiger partial charge in [-0.1, -0.05) is 11.6 Å². The quantitative estimate of drug-likeness (QED) is 0.766. The Labute approximate surface area is 140 Å². The van der Waals surface area contributed by atoms with Gasteiger partial charge in [-0.05, 0) is 43.5 Å². The van der Waals surface area contributed by atoms with Gasteiger partial charge in [0.15, 0.2) is 13.2 Å². The van der Waals surface area contributed by atoms with Gasteiger partial charge in [0.2, 0.25) is 0 Å². The molecule has 1 N–H and O–H groups in total. The first-order valence-electron chi connectivity index (χ1n) is 7.47. The van der Waals surface area contributed by atoms with Crippen molar-refractivity contribution in [2.24, 2.45) is 0 Å². The monoisotopic (exact) mass is 341 g/mol. The van der Waals surface area contributed by atoms with Crippen LogP contribution in [0.3, 0.4) is 0 Å². The number of halogens is 1. The molecular formula is C16H20ClNO5. The average molecular weight is 342 g/mol. The second-order valence-electron chi connectivity index (χ2n) is 5.30. The first-order chi connectivity index (χ1) is 11.0. The number of carbonyl (C=O) groups is 2. The van der Waals surface area contributed by atoms with E-state index in [0.29, 0.717) is 17.3 Å². The SMILES string of the molecule is Cc1cc(OCC(=O)OCC(=O)NC[C@H]2CCCO2)ccc1Cl. The highest BCUT2D eigenvalue weighted by atomic mass is 35.5. The van der Waals surface area contributed by atoms with Gasteiger partial charge in [0.25, 0.3) is 5.91 Å². The fourth-order valence-electron chi connectivity index (χ4n) is 2.12. The molecule has 0 unspecified atom stereocenters. The summed E-state index contributed by atoms with van der Waals surface area (Å²) in [5.74, 6) is -0.437. The molecule has 0 spiro atoms. The Morgan fingerprint density at radius 1 is 1.39 bits per heavy atom. The van der Waals surface area contributed by atoms with Gasteiger partial charge in [0.1, 0.15) is 5.75 Å². The van der Waals surface area contributed by atoms with Gasteiger partial charge >= 0.3 is 5.97 Å². The average Bonchev–Trinajstić information content (AvgIpc) is 3.05. The highest BCUT2D eigenvalue weighted by molar-refractivity contribution is 6.31. The van der Waals surface area contributed by atoms with Gasteiger partial charge in [-0.15, -0.1) is 0 Å². The number of rotatable bonds is 7. The molecule has 126 valence electrons. The molecule has 1 atom stereocenters. The lowest BCUT2D eigenvalue weighted by Gasteiger charge is -2.11. The third-order valence-electron chi connectivity index (χ3n) is 3.40. The van der Waals surface area contributed by atoms with Crippen LogP contribution < -0.4 is 10.1 Å². The maximum absolute atomic E-state index is 11.6. The molecule has 1 amide bonds. The molecule has 2 rings (SSSR count). The zero-order valence-corrected chi connectivity index (χ0v) is 13.7. The van der Waals surface area contributed by atoms with Crippen LogP contribution >= 0.6 is 11.6 Å². The van der Waals surface area contributed by atoms with Crippen LogP contribution in [0, 0.1) is 6.92 Å². The summed E-state index contributed by atoms with van der Waals surface area (Å²) in [6.07, 6.45) is 2.01. The maximum atomic E-state index is 11.6. The summed E-state index contributed by atoms with van der Waals surface area (Å²) < 4.78 is 15.5. The Morgan fingerprint density at radius 2 is 2.22 bits per heavy atom. The summed E-state index contributed by atoms with van der Waals surface area (Å²) in [6, 6.07) is 5.08. The largest absolute Gasteiger partial charge is 0.482 e. The summed E-state index contributed by atoms with van der Waals surface area (Å²) in [5.41, 5.74) is 0.853. The van der Waals surface area contributed by atoms with Crippen molar-refractivity contribution in [3.05, 3.63) is 28.8 Å². The van der Waals surface area contributed by atoms with Crippen molar-refractivity contribution in [2.45, 2.75) is 25.9 Å². The molecule has 6 nitrogen and oxygen atoms in total. The molecule has 23 heavy (non-hydrogen) atoms. The molecule has 0 aromatic heterocycles. The van der Waals surface area contributed by atoms with Crippen molar-refractivity contribution in [2.75, 3.05) is 26.4 Å². The zero-order valence-electron chi connectivity index (χ0n) is 13.0. The van der Waals surface area contributed by atoms with E-state index in [1.54, 1.807) is 18.2 Å². The van der Waals surface area contributed by atoms with Crippen molar-refractivity contribution in [1.82, 2.24) is 5.32 Å². The van der Waals surface area contributed by atoms with Crippen LogP contribution in [0.4, 0.5) is 0 Å². The number of esters is 1. The molecular weight excluding hydrogens is 322 g/mol. The molecule has 1 aromatic rings. The van der Waals surface area contributed by atoms with E-state index in [2.05, 4.69) is 5.32 Å². The summed E-state index contributed by atoms with van der Waals surface area (Å²) in [7, 11) is 0. The standard InChI is InChI=1S/C16H20ClNO5/c1-11-7-12(4-5-14(11)17)22-10-16(20)23-9-15(19)18-8-13-3-2-6-21-13/h4-5,7,13H,2-3,6,8-10H2,1H3,(H,18,19)/t13-/m1/s1. The number of hydrogen-bond donors (Lipinski definition) is 1. The van der Waals surface area contributed by atoms with Gasteiger partial charge in [-0.3, -0.25) is 4.79 Å². The van der Waals surface area contributed by atoms with E-state index >= 15 is 0 Å². The predicted octanol–water partition coefficient (Wildman–Crippen LogP) is 1.87. The van der Waals surface area contributed by atoms with Gasteiger partial charge < -0.3 is 19.5 Å². The van der Waals surface area contributed by atoms with E-state index in [9.17, 15) is 9.59 Å². The second kappa shape index (κ2) is 8.74. The zero-order chi connectivity index (χ0) is 16.7. The van der Waals surface area contributed by atoms with Gasteiger partial charge in [-0.25, -0.2) is 4.79 Å². The number of carbonyl (C=O) groups excluding carboxylic acids is 2. The molecule has 1 aliphatic rings. The summed E-state index contributed by atoms with van der Waals surface area (Å²) >= 11 is 5.90. The van der Waals surface area contributed by atoms with E-state index < -0.39 is 5.97 Å². The van der Waals surface area contributed by atoms with E-state index in [1.165, 1.54) is 0 Å². The van der Waals surface area contributed by atoms with Crippen LogP contribution in [0.1, 0.15) is 18.4 Å². The fourth-order valence-corrected chi connectivity index (χ4v) is 2.24. The molecule has 1 saturated heterocycles. The Kier molecular flexibility index (Phi) is 6.67. The fraction of sp³-hybridized carbons (Fsp3) is 0.500. The number of ether oxygens (including phenoxy) is 3. The lowest BCUT2D eigenvalue weighted by Crippen LogP contribution is -2.35. The lowest BCUT2D eigenvalue weighted by molar-refractivity contribution is -0.150. The van der Waals surface area contributed by atoms with Crippen molar-refractivity contribution >= 4 is 23.5 Å². The number of aryl methyl sites for hydroxylation is 1. The molecule has 7 heteroatoms. The third kappa shape index (κ3) is 6.08. The molecule has 1 fully saturated rings. The Balaban J connectivity index is 1.62. The van der Waals surface area contributed by atoms with Crippen LogP contribution in [0.15, 0.2) is 18.2 Å². The van der Waals surface area contributed by atoms with Crippen LogP contribution in [0.25, 0.3) is 0 Å². The van der Waals surface area contributed by atoms with Crippen molar-refractivity contribution in [3.8, 4) is 5.75 Å². The van der Waals surface area contributed by atoms with Crippen molar-refractivity contribution in [3.63, 3.8) is 0 Å². The minimum Gasteiger partial charge on any atom is -0.482 e. The molecule has 1 aliphatic heterocycles. The Bertz CT molecular complexity index is 557. The van der Waals surface area contributed by atoms with E-state index in [4.69, 9.17) is 25.8 Å². The van der Waals surface area contributed by atoms with Crippen molar-refractivity contribution in [1.29, 1.82) is 0 Å². The Hall–Kier alpha value is -1.79. The highest BCUT2D eigenvalue weighted by Gasteiger charge is 2.16. The van der Waals surface area contributed by atoms with Gasteiger partial charge in [0.05, 0.1) is 6.10 Å². The van der Waals surface area contributed by atoms with Crippen molar-refractivity contribution < 1.29 is 23.8 Å². The summed E-state index contributed by atoms with van der Waals surface area (Å²) in [6.45, 7) is 2.43. The van der Waals surface area contributed by atoms with Crippen LogP contribution in [-0.4, -0.2) is 44.3 Å². The highest BCUT2D eigenvalue weighted by Crippen LogP contribution is 2.20. The molecule has 0 bridgehead atoms. The van der Waals surface area contributed by atoms with E-state index in [0.717, 1.165) is 25.0 Å². The summed E-state index contributed by atoms with van der Waals surface area (Å²) in [5, 5.41) is 3.30. The van der Waals surface area contributed by atoms with Crippen LogP contribution in [0.5, 0.6) is 5.75 Å². The van der Waals surface area contributed by atoms with E-state index in [-0.39, 0.29) is 25.2 Å². The predicted molar refractivity (Wildman–Crippen MR) is 84.6 cm³/mol. The van der Waals surface area contributed by atoms with E-state index in [1.807, 2.05) is 6.92 Å². The minimum absolute atomic E-state index is 0.0612. The topological polar surface area (TPSA) is 73.9 Å². The molecule has 0 radical (unpaired) electrons. The van der Waals surface area contributed by atoms with Gasteiger partial charge in [-0.2, -0.15) is 0 Å². The Morgan fingerprint density at radius 3 is 2.91 bits per heavy atom. The molecule has 1 heterocycles. The molecule has 1 aromatic carbocycles. The molecule has 0 aliphatic carbocycles. The number of benzene rings is 1. The molecule has 0 saturated carbocycles. The number of amides is 1. The normalized spacial score (nSPS) is 16.9. The summed E-state index contributed by atoms with van der Waals surface area (Å²) in [4.78, 5) is 23.1. The lowest BCUT2D eigenvalue weighted by atomic mass is 10.2. The number of hydrogen-bond acceptors (Lipinski definition) is 5.